The van der Waals surface area contributed by atoms with Crippen molar-refractivity contribution < 1.29 is 14.7 Å². The van der Waals surface area contributed by atoms with Gasteiger partial charge in [-0.3, -0.25) is 9.59 Å². The van der Waals surface area contributed by atoms with E-state index in [1.54, 1.807) is 35.3 Å². The third kappa shape index (κ3) is 3.40. The van der Waals surface area contributed by atoms with E-state index in [0.717, 1.165) is 0 Å². The molecular formula is C12H16N4O3. The number of hydrogen-bond donors (Lipinski definition) is 1. The Balaban J connectivity index is 1.78. The number of carboxylic acids is 1. The number of carbonyl (C=O) groups is 2. The van der Waals surface area contributed by atoms with Gasteiger partial charge in [0.2, 0.25) is 11.9 Å². The van der Waals surface area contributed by atoms with Crippen molar-refractivity contribution in [1.29, 1.82) is 0 Å². The van der Waals surface area contributed by atoms with Gasteiger partial charge in [-0.1, -0.05) is 0 Å². The van der Waals surface area contributed by atoms with Crippen molar-refractivity contribution in [3.05, 3.63) is 18.5 Å². The second-order valence-electron chi connectivity index (χ2n) is 4.67. The number of anilines is 1. The molecule has 0 radical (unpaired) electrons. The summed E-state index contributed by atoms with van der Waals surface area (Å²) in [4.78, 5) is 33.9. The summed E-state index contributed by atoms with van der Waals surface area (Å²) in [6, 6.07) is 1.71. The second kappa shape index (κ2) is 5.64. The van der Waals surface area contributed by atoms with Gasteiger partial charge in [-0.25, -0.2) is 9.97 Å². The number of rotatable bonds is 5. The summed E-state index contributed by atoms with van der Waals surface area (Å²) in [5.74, 6) is -0.262. The Labute approximate surface area is 110 Å². The lowest BCUT2D eigenvalue weighted by molar-refractivity contribution is -0.144. The number of carbonyl (C=O) groups excluding carboxylic acids is 1. The molecular weight excluding hydrogens is 248 g/mol. The van der Waals surface area contributed by atoms with Crippen LogP contribution in [0.25, 0.3) is 0 Å². The number of aromatic nitrogens is 2. The molecule has 1 aliphatic heterocycles. The number of aliphatic carboxylic acids is 1. The molecule has 2 rings (SSSR count). The molecule has 0 spiro atoms. The highest BCUT2D eigenvalue weighted by Crippen LogP contribution is 2.19. The largest absolute Gasteiger partial charge is 0.481 e. The molecule has 0 unspecified atom stereocenters. The number of likely N-dealkylation sites (tertiary alicyclic amines) is 1. The molecule has 102 valence electrons. The summed E-state index contributed by atoms with van der Waals surface area (Å²) in [5, 5.41) is 8.64. The van der Waals surface area contributed by atoms with Crippen molar-refractivity contribution in [3.63, 3.8) is 0 Å². The smallest absolute Gasteiger partial charge is 0.303 e. The fourth-order valence-corrected chi connectivity index (χ4v) is 2.01. The predicted octanol–water partition coefficient (Wildman–Crippen LogP) is -0.154. The SMILES string of the molecule is CN(CC(=O)N1CC(CC(=O)O)C1)c1ncccn1. The Morgan fingerprint density at radius 3 is 2.63 bits per heavy atom. The van der Waals surface area contributed by atoms with E-state index in [2.05, 4.69) is 9.97 Å². The first-order chi connectivity index (χ1) is 9.06. The minimum Gasteiger partial charge on any atom is -0.481 e. The number of likely N-dealkylation sites (N-methyl/N-ethyl adjacent to an activating group) is 1. The van der Waals surface area contributed by atoms with E-state index in [0.29, 0.717) is 19.0 Å². The summed E-state index contributed by atoms with van der Waals surface area (Å²) in [6.07, 6.45) is 3.37. The Morgan fingerprint density at radius 1 is 1.42 bits per heavy atom. The highest BCUT2D eigenvalue weighted by atomic mass is 16.4. The van der Waals surface area contributed by atoms with Crippen LogP contribution in [-0.2, 0) is 9.59 Å². The van der Waals surface area contributed by atoms with Crippen LogP contribution in [0.3, 0.4) is 0 Å². The molecule has 0 saturated carbocycles. The summed E-state index contributed by atoms with van der Waals surface area (Å²) >= 11 is 0. The summed E-state index contributed by atoms with van der Waals surface area (Å²) in [7, 11) is 1.75. The maximum absolute atomic E-state index is 11.9. The van der Waals surface area contributed by atoms with E-state index in [1.807, 2.05) is 0 Å². The number of carboxylic acid groups (broad SMARTS) is 1. The molecule has 0 bridgehead atoms. The highest BCUT2D eigenvalue weighted by Gasteiger charge is 2.32. The number of nitrogens with zero attached hydrogens (tertiary/aromatic N) is 4. The Bertz CT molecular complexity index is 459. The van der Waals surface area contributed by atoms with E-state index < -0.39 is 5.97 Å². The van der Waals surface area contributed by atoms with E-state index in [1.165, 1.54) is 0 Å². The van der Waals surface area contributed by atoms with Crippen LogP contribution in [0.1, 0.15) is 6.42 Å². The molecule has 1 aliphatic rings. The van der Waals surface area contributed by atoms with Crippen LogP contribution >= 0.6 is 0 Å². The van der Waals surface area contributed by atoms with Gasteiger partial charge in [-0.2, -0.15) is 0 Å². The molecule has 7 heteroatoms. The zero-order valence-electron chi connectivity index (χ0n) is 10.7. The first kappa shape index (κ1) is 13.3. The summed E-state index contributed by atoms with van der Waals surface area (Å²) < 4.78 is 0. The van der Waals surface area contributed by atoms with Gasteiger partial charge in [-0.05, 0) is 6.07 Å². The molecule has 2 heterocycles. The number of amides is 1. The summed E-state index contributed by atoms with van der Waals surface area (Å²) in [5.41, 5.74) is 0. The second-order valence-corrected chi connectivity index (χ2v) is 4.67. The predicted molar refractivity (Wildman–Crippen MR) is 67.6 cm³/mol. The third-order valence-electron chi connectivity index (χ3n) is 3.04. The minimum absolute atomic E-state index is 0.0309. The molecule has 1 fully saturated rings. The van der Waals surface area contributed by atoms with Crippen LogP contribution in [0, 0.1) is 5.92 Å². The monoisotopic (exact) mass is 264 g/mol. The van der Waals surface area contributed by atoms with E-state index >= 15 is 0 Å². The van der Waals surface area contributed by atoms with Crippen LogP contribution in [0.15, 0.2) is 18.5 Å². The van der Waals surface area contributed by atoms with Crippen molar-refractivity contribution in [2.75, 3.05) is 31.6 Å². The standard InChI is InChI=1S/C12H16N4O3/c1-15(12-13-3-2-4-14-12)8-10(17)16-6-9(7-16)5-11(18)19/h2-4,9H,5-8H2,1H3,(H,18,19). The van der Waals surface area contributed by atoms with E-state index in [-0.39, 0.29) is 24.8 Å². The van der Waals surface area contributed by atoms with E-state index in [4.69, 9.17) is 5.11 Å². The van der Waals surface area contributed by atoms with Crippen LogP contribution in [-0.4, -0.2) is 58.5 Å². The van der Waals surface area contributed by atoms with Gasteiger partial charge in [0.1, 0.15) is 0 Å². The van der Waals surface area contributed by atoms with Crippen molar-refractivity contribution in [2.45, 2.75) is 6.42 Å². The molecule has 1 amide bonds. The van der Waals surface area contributed by atoms with Gasteiger partial charge in [0, 0.05) is 38.4 Å². The van der Waals surface area contributed by atoms with Crippen LogP contribution < -0.4 is 4.90 Å². The van der Waals surface area contributed by atoms with E-state index in [9.17, 15) is 9.59 Å². The van der Waals surface area contributed by atoms with Gasteiger partial charge in [0.25, 0.3) is 0 Å². The van der Waals surface area contributed by atoms with Gasteiger partial charge in [0.05, 0.1) is 13.0 Å². The molecule has 0 aliphatic carbocycles. The molecule has 1 saturated heterocycles. The first-order valence-corrected chi connectivity index (χ1v) is 6.04. The average Bonchev–Trinajstić information content (AvgIpc) is 2.33. The lowest BCUT2D eigenvalue weighted by atomic mass is 9.96. The quantitative estimate of drug-likeness (QED) is 0.795. The van der Waals surface area contributed by atoms with Crippen LogP contribution in [0.4, 0.5) is 5.95 Å². The number of hydrogen-bond acceptors (Lipinski definition) is 5. The molecule has 7 nitrogen and oxygen atoms in total. The average molecular weight is 264 g/mol. The maximum atomic E-state index is 11.9. The van der Waals surface area contributed by atoms with Crippen LogP contribution in [0.5, 0.6) is 0 Å². The lowest BCUT2D eigenvalue weighted by Crippen LogP contribution is -2.53. The first-order valence-electron chi connectivity index (χ1n) is 6.04. The highest BCUT2D eigenvalue weighted by molar-refractivity contribution is 5.81. The molecule has 1 aromatic rings. The van der Waals surface area contributed by atoms with Gasteiger partial charge >= 0.3 is 5.97 Å². The molecule has 0 aromatic carbocycles. The van der Waals surface area contributed by atoms with Gasteiger partial charge < -0.3 is 14.9 Å². The van der Waals surface area contributed by atoms with Crippen molar-refractivity contribution >= 4 is 17.8 Å². The topological polar surface area (TPSA) is 86.6 Å². The van der Waals surface area contributed by atoms with Crippen molar-refractivity contribution in [3.8, 4) is 0 Å². The Hall–Kier alpha value is -2.18. The van der Waals surface area contributed by atoms with Gasteiger partial charge in [-0.15, -0.1) is 0 Å². The fraction of sp³-hybridized carbons (Fsp3) is 0.500. The third-order valence-corrected chi connectivity index (χ3v) is 3.04. The zero-order chi connectivity index (χ0) is 13.8. The molecule has 19 heavy (non-hydrogen) atoms. The molecule has 1 aromatic heterocycles. The summed E-state index contributed by atoms with van der Waals surface area (Å²) in [6.45, 7) is 1.24. The maximum Gasteiger partial charge on any atom is 0.303 e. The lowest BCUT2D eigenvalue weighted by Gasteiger charge is -2.39. The molecule has 1 N–H and O–H groups in total. The Kier molecular flexibility index (Phi) is 3.94. The minimum atomic E-state index is -0.813. The molecule has 0 atom stereocenters. The van der Waals surface area contributed by atoms with Crippen LogP contribution in [0.2, 0.25) is 0 Å². The van der Waals surface area contributed by atoms with Crippen molar-refractivity contribution in [1.82, 2.24) is 14.9 Å². The van der Waals surface area contributed by atoms with Gasteiger partial charge in [0.15, 0.2) is 0 Å². The van der Waals surface area contributed by atoms with Crippen molar-refractivity contribution in [2.24, 2.45) is 5.92 Å². The Morgan fingerprint density at radius 2 is 2.05 bits per heavy atom. The zero-order valence-corrected chi connectivity index (χ0v) is 10.7. The fourth-order valence-electron chi connectivity index (χ4n) is 2.01. The normalized spacial score (nSPS) is 14.9.